The number of pyridine rings is 1. The van der Waals surface area contributed by atoms with Crippen LogP contribution in [0.15, 0.2) is 71.8 Å². The number of sulfonamides is 1. The lowest BCUT2D eigenvalue weighted by Gasteiger charge is -2.38. The van der Waals surface area contributed by atoms with E-state index in [1.165, 1.54) is 12.1 Å². The number of carboxylic acid groups (broad SMARTS) is 3. The number of aliphatic hydroxyl groups is 1. The van der Waals surface area contributed by atoms with Crippen LogP contribution >= 0.6 is 0 Å². The van der Waals surface area contributed by atoms with Crippen molar-refractivity contribution in [2.24, 2.45) is 5.41 Å². The minimum Gasteiger partial charge on any atom is -0.481 e. The van der Waals surface area contributed by atoms with Gasteiger partial charge in [-0.25, -0.2) is 22.3 Å². The maximum Gasteiger partial charge on any atom is 0.336 e. The summed E-state index contributed by atoms with van der Waals surface area (Å²) in [7, 11) is -3.63. The van der Waals surface area contributed by atoms with Crippen LogP contribution in [-0.4, -0.2) is 81.9 Å². The molecular weight excluding hydrogens is 657 g/mol. The molecule has 2 heterocycles. The van der Waals surface area contributed by atoms with E-state index in [9.17, 15) is 27.2 Å². The molecule has 0 amide bonds. The summed E-state index contributed by atoms with van der Waals surface area (Å²) in [6.45, 7) is 10.3. The van der Waals surface area contributed by atoms with Crippen LogP contribution in [0.25, 0.3) is 0 Å². The highest BCUT2D eigenvalue weighted by molar-refractivity contribution is 7.89. The molecule has 14 heteroatoms. The number of aromatic nitrogens is 1. The summed E-state index contributed by atoms with van der Waals surface area (Å²) in [5, 5.41) is 33.8. The zero-order valence-electron chi connectivity index (χ0n) is 28.0. The molecule has 5 N–H and O–H groups in total. The summed E-state index contributed by atoms with van der Waals surface area (Å²) in [6.07, 6.45) is 2.07. The highest BCUT2D eigenvalue weighted by Crippen LogP contribution is 2.41. The van der Waals surface area contributed by atoms with Gasteiger partial charge in [-0.05, 0) is 100 Å². The monoisotopic (exact) mass is 701 g/mol. The third-order valence-electron chi connectivity index (χ3n) is 8.96. The third-order valence-corrected chi connectivity index (χ3v) is 10.4. The SMILES string of the molecule is Cc1ccc(S(=O)(=O)NCC2(CCc3ccc(F)cc3)CCN(C(C)(C)c3ccc(C)nc3)C2)cc1.O=C(O)CC(O)(CC(=O)O)C(=O)O. The Morgan fingerprint density at radius 3 is 2.04 bits per heavy atom. The Kier molecular flexibility index (Phi) is 12.8. The molecule has 0 spiro atoms. The molecule has 1 atom stereocenters. The molecule has 0 saturated carbocycles. The summed E-state index contributed by atoms with van der Waals surface area (Å²) in [4.78, 5) is 37.7. The number of carbonyl (C=O) groups is 3. The fourth-order valence-corrected chi connectivity index (χ4v) is 6.84. The van der Waals surface area contributed by atoms with Crippen LogP contribution in [0.2, 0.25) is 0 Å². The van der Waals surface area contributed by atoms with Crippen LogP contribution in [0.4, 0.5) is 4.39 Å². The van der Waals surface area contributed by atoms with Gasteiger partial charge in [-0.3, -0.25) is 19.5 Å². The highest BCUT2D eigenvalue weighted by atomic mass is 32.2. The Morgan fingerprint density at radius 2 is 1.53 bits per heavy atom. The third kappa shape index (κ3) is 10.9. The molecule has 1 unspecified atom stereocenters. The predicted molar refractivity (Wildman–Crippen MR) is 179 cm³/mol. The van der Waals surface area contributed by atoms with E-state index < -0.39 is 46.4 Å². The number of benzene rings is 2. The van der Waals surface area contributed by atoms with E-state index in [1.54, 1.807) is 12.1 Å². The summed E-state index contributed by atoms with van der Waals surface area (Å²) in [5.41, 5.74) is 0.965. The van der Waals surface area contributed by atoms with Gasteiger partial charge in [0.25, 0.3) is 0 Å². The van der Waals surface area contributed by atoms with Gasteiger partial charge < -0.3 is 20.4 Å². The van der Waals surface area contributed by atoms with E-state index in [0.717, 1.165) is 54.7 Å². The Balaban J connectivity index is 0.000000425. The topological polar surface area (TPSA) is 194 Å². The second kappa shape index (κ2) is 16.0. The molecule has 2 aromatic carbocycles. The fourth-order valence-electron chi connectivity index (χ4n) is 5.68. The lowest BCUT2D eigenvalue weighted by Crippen LogP contribution is -2.44. The molecule has 1 aliphatic rings. The number of aryl methyl sites for hydroxylation is 3. The summed E-state index contributed by atoms with van der Waals surface area (Å²) < 4.78 is 42.6. The lowest BCUT2D eigenvalue weighted by atomic mass is 9.81. The summed E-state index contributed by atoms with van der Waals surface area (Å²) >= 11 is 0. The maximum absolute atomic E-state index is 13.4. The van der Waals surface area contributed by atoms with Gasteiger partial charge in [0.1, 0.15) is 5.82 Å². The average molecular weight is 702 g/mol. The molecule has 266 valence electrons. The number of hydrogen-bond acceptors (Lipinski definition) is 8. The highest BCUT2D eigenvalue weighted by Gasteiger charge is 2.44. The van der Waals surface area contributed by atoms with Crippen molar-refractivity contribution in [2.45, 2.75) is 75.8 Å². The van der Waals surface area contributed by atoms with Crippen molar-refractivity contribution in [3.63, 3.8) is 0 Å². The normalized spacial score (nSPS) is 16.9. The Labute approximate surface area is 285 Å². The maximum atomic E-state index is 13.4. The quantitative estimate of drug-likeness (QED) is 0.162. The number of hydrogen-bond donors (Lipinski definition) is 5. The van der Waals surface area contributed by atoms with E-state index >= 15 is 0 Å². The molecule has 49 heavy (non-hydrogen) atoms. The molecule has 12 nitrogen and oxygen atoms in total. The Bertz CT molecular complexity index is 1700. The number of carboxylic acids is 3. The summed E-state index contributed by atoms with van der Waals surface area (Å²) in [6, 6.07) is 17.7. The van der Waals surface area contributed by atoms with Crippen LogP contribution < -0.4 is 4.72 Å². The van der Waals surface area contributed by atoms with Crippen molar-refractivity contribution in [3.8, 4) is 0 Å². The number of aliphatic carboxylic acids is 3. The number of nitrogens with one attached hydrogen (secondary N) is 1. The van der Waals surface area contributed by atoms with Crippen molar-refractivity contribution >= 4 is 27.9 Å². The lowest BCUT2D eigenvalue weighted by molar-refractivity contribution is -0.170. The molecule has 1 fully saturated rings. The van der Waals surface area contributed by atoms with Gasteiger partial charge in [0.15, 0.2) is 5.60 Å². The predicted octanol–water partition coefficient (Wildman–Crippen LogP) is 4.13. The van der Waals surface area contributed by atoms with Gasteiger partial charge in [0.05, 0.1) is 17.7 Å². The number of halogens is 1. The minimum absolute atomic E-state index is 0.242. The first-order valence-electron chi connectivity index (χ1n) is 15.7. The van der Waals surface area contributed by atoms with Gasteiger partial charge in [-0.1, -0.05) is 35.9 Å². The van der Waals surface area contributed by atoms with E-state index in [1.807, 2.05) is 50.4 Å². The first-order valence-corrected chi connectivity index (χ1v) is 17.1. The van der Waals surface area contributed by atoms with Gasteiger partial charge in [0, 0.05) is 30.5 Å². The molecule has 4 rings (SSSR count). The first kappa shape index (κ1) is 39.2. The molecular formula is C35H44FN3O9S. The van der Waals surface area contributed by atoms with E-state index in [-0.39, 0.29) is 21.7 Å². The van der Waals surface area contributed by atoms with Crippen LogP contribution in [0.1, 0.15) is 61.9 Å². The van der Waals surface area contributed by atoms with Crippen molar-refractivity contribution in [3.05, 3.63) is 95.1 Å². The van der Waals surface area contributed by atoms with Crippen molar-refractivity contribution in [1.29, 1.82) is 0 Å². The average Bonchev–Trinajstić information content (AvgIpc) is 3.46. The zero-order chi connectivity index (χ0) is 36.6. The van der Waals surface area contributed by atoms with Gasteiger partial charge in [-0.2, -0.15) is 0 Å². The standard InChI is InChI=1S/C29H36FN3O2S.C6H8O7/c1-22-5-13-27(14-6-22)36(34,35)32-20-29(16-15-24-8-11-26(30)12-9-24)17-18-33(21-29)28(3,4)25-10-7-23(2)31-19-25;7-3(8)1-6(13,5(11)12)2-4(9)10/h5-14,19,32H,15-18,20-21H2,1-4H3;13H,1-2H2,(H,7,8)(H,9,10)(H,11,12). The van der Waals surface area contributed by atoms with E-state index in [0.29, 0.717) is 6.54 Å². The fraction of sp³-hybridized carbons (Fsp3) is 0.429. The number of rotatable bonds is 14. The molecule has 0 bridgehead atoms. The van der Waals surface area contributed by atoms with Crippen molar-refractivity contribution in [1.82, 2.24) is 14.6 Å². The first-order chi connectivity index (χ1) is 22.8. The Hall–Kier alpha value is -4.24. The van der Waals surface area contributed by atoms with E-state index in [4.69, 9.17) is 20.4 Å². The molecule has 0 radical (unpaired) electrons. The largest absolute Gasteiger partial charge is 0.481 e. The molecule has 0 aliphatic carbocycles. The van der Waals surface area contributed by atoms with Crippen LogP contribution in [-0.2, 0) is 36.4 Å². The van der Waals surface area contributed by atoms with E-state index in [2.05, 4.69) is 34.5 Å². The van der Waals surface area contributed by atoms with Gasteiger partial charge >= 0.3 is 17.9 Å². The van der Waals surface area contributed by atoms with Crippen molar-refractivity contribution < 1.29 is 47.6 Å². The number of likely N-dealkylation sites (tertiary alicyclic amines) is 1. The Morgan fingerprint density at radius 1 is 0.939 bits per heavy atom. The second-order valence-corrected chi connectivity index (χ2v) is 14.9. The second-order valence-electron chi connectivity index (χ2n) is 13.2. The van der Waals surface area contributed by atoms with Crippen LogP contribution in [0, 0.1) is 25.1 Å². The van der Waals surface area contributed by atoms with Crippen LogP contribution in [0.5, 0.6) is 0 Å². The number of nitrogens with zero attached hydrogens (tertiary/aromatic N) is 2. The van der Waals surface area contributed by atoms with Gasteiger partial charge in [0.2, 0.25) is 10.0 Å². The summed E-state index contributed by atoms with van der Waals surface area (Å²) in [5.74, 6) is -5.27. The molecule has 1 aromatic heterocycles. The molecule has 3 aromatic rings. The smallest absolute Gasteiger partial charge is 0.336 e. The molecule has 1 saturated heterocycles. The van der Waals surface area contributed by atoms with Crippen LogP contribution in [0.3, 0.4) is 0 Å². The molecule has 1 aliphatic heterocycles. The van der Waals surface area contributed by atoms with Crippen molar-refractivity contribution in [2.75, 3.05) is 19.6 Å². The zero-order valence-corrected chi connectivity index (χ0v) is 28.8. The minimum atomic E-state index is -3.63. The van der Waals surface area contributed by atoms with Gasteiger partial charge in [-0.15, -0.1) is 0 Å².